The second kappa shape index (κ2) is 6.52. The highest BCUT2D eigenvalue weighted by molar-refractivity contribution is 6.37. The van der Waals surface area contributed by atoms with Crippen LogP contribution >= 0.6 is 23.2 Å². The average Bonchev–Trinajstić information content (AvgIpc) is 2.22. The maximum atomic E-state index is 12.2. The van der Waals surface area contributed by atoms with Crippen LogP contribution in [0.25, 0.3) is 0 Å². The zero-order valence-electron chi connectivity index (χ0n) is 10.4. The van der Waals surface area contributed by atoms with Crippen LogP contribution in [0.1, 0.15) is 20.3 Å². The van der Waals surface area contributed by atoms with Gasteiger partial charge in [-0.25, -0.2) is 4.98 Å². The minimum Gasteiger partial charge on any atom is -0.369 e. The lowest BCUT2D eigenvalue weighted by molar-refractivity contribution is -0.136. The lowest BCUT2D eigenvalue weighted by atomic mass is 10.2. The number of hydrogen-bond acceptors (Lipinski definition) is 3. The van der Waals surface area contributed by atoms with Gasteiger partial charge in [0.15, 0.2) is 0 Å². The van der Waals surface area contributed by atoms with Crippen molar-refractivity contribution < 1.29 is 13.2 Å². The van der Waals surface area contributed by atoms with Gasteiger partial charge in [0.2, 0.25) is 0 Å². The van der Waals surface area contributed by atoms with Gasteiger partial charge in [0.1, 0.15) is 11.6 Å². The SMILES string of the molecule is CCNc1nc(NC(C)CC(F)(F)F)c(Cl)cc1Cl. The number of pyridine rings is 1. The average molecular weight is 316 g/mol. The quantitative estimate of drug-likeness (QED) is 0.835. The summed E-state index contributed by atoms with van der Waals surface area (Å²) in [5.41, 5.74) is 0. The summed E-state index contributed by atoms with van der Waals surface area (Å²) in [5.74, 6) is 0.564. The topological polar surface area (TPSA) is 37.0 Å². The molecule has 0 fully saturated rings. The molecule has 1 unspecified atom stereocenters. The molecule has 2 N–H and O–H groups in total. The van der Waals surface area contributed by atoms with E-state index < -0.39 is 18.6 Å². The van der Waals surface area contributed by atoms with Crippen LogP contribution in [0, 0.1) is 0 Å². The summed E-state index contributed by atoms with van der Waals surface area (Å²) in [6.45, 7) is 3.85. The number of nitrogens with zero attached hydrogens (tertiary/aromatic N) is 1. The highest BCUT2D eigenvalue weighted by Crippen LogP contribution is 2.30. The Kier molecular flexibility index (Phi) is 5.55. The molecule has 0 saturated heterocycles. The van der Waals surface area contributed by atoms with Crippen molar-refractivity contribution in [1.82, 2.24) is 4.98 Å². The second-order valence-corrected chi connectivity index (χ2v) is 4.86. The summed E-state index contributed by atoms with van der Waals surface area (Å²) in [6.07, 6.45) is -5.21. The van der Waals surface area contributed by atoms with Crippen LogP contribution in [0.3, 0.4) is 0 Å². The summed E-state index contributed by atoms with van der Waals surface area (Å²) in [6, 6.07) is 0.608. The van der Waals surface area contributed by atoms with Crippen LogP contribution in [-0.2, 0) is 0 Å². The summed E-state index contributed by atoms with van der Waals surface area (Å²) >= 11 is 11.8. The summed E-state index contributed by atoms with van der Waals surface area (Å²) in [4.78, 5) is 4.08. The maximum Gasteiger partial charge on any atom is 0.391 e. The zero-order chi connectivity index (χ0) is 14.6. The highest BCUT2D eigenvalue weighted by Gasteiger charge is 2.30. The molecular formula is C11H14Cl2F3N3. The van der Waals surface area contributed by atoms with Crippen molar-refractivity contribution in [2.24, 2.45) is 0 Å². The minimum absolute atomic E-state index is 0.179. The lowest BCUT2D eigenvalue weighted by Crippen LogP contribution is -2.24. The zero-order valence-corrected chi connectivity index (χ0v) is 11.9. The first-order chi connectivity index (χ1) is 8.73. The van der Waals surface area contributed by atoms with Crippen LogP contribution in [0.5, 0.6) is 0 Å². The van der Waals surface area contributed by atoms with Gasteiger partial charge >= 0.3 is 6.18 Å². The van der Waals surface area contributed by atoms with Gasteiger partial charge in [-0.2, -0.15) is 13.2 Å². The van der Waals surface area contributed by atoms with Gasteiger partial charge in [-0.3, -0.25) is 0 Å². The van der Waals surface area contributed by atoms with Crippen molar-refractivity contribution in [3.05, 3.63) is 16.1 Å². The number of anilines is 2. The van der Waals surface area contributed by atoms with Crippen molar-refractivity contribution in [2.45, 2.75) is 32.5 Å². The summed E-state index contributed by atoms with van der Waals surface area (Å²) in [7, 11) is 0. The van der Waals surface area contributed by atoms with Gasteiger partial charge in [0.05, 0.1) is 16.5 Å². The number of nitrogens with one attached hydrogen (secondary N) is 2. The minimum atomic E-state index is -4.24. The monoisotopic (exact) mass is 315 g/mol. The van der Waals surface area contributed by atoms with E-state index in [0.29, 0.717) is 17.4 Å². The van der Waals surface area contributed by atoms with Crippen LogP contribution in [0.2, 0.25) is 10.0 Å². The van der Waals surface area contributed by atoms with Crippen molar-refractivity contribution >= 4 is 34.8 Å². The third-order valence-corrected chi connectivity index (χ3v) is 2.77. The van der Waals surface area contributed by atoms with Crippen molar-refractivity contribution in [1.29, 1.82) is 0 Å². The summed E-state index contributed by atoms with van der Waals surface area (Å²) in [5, 5.41) is 6.03. The third-order valence-electron chi connectivity index (χ3n) is 2.19. The fraction of sp³-hybridized carbons (Fsp3) is 0.545. The molecule has 0 bridgehead atoms. The van der Waals surface area contributed by atoms with Crippen molar-refractivity contribution in [2.75, 3.05) is 17.2 Å². The molecule has 1 aromatic rings. The van der Waals surface area contributed by atoms with Gasteiger partial charge in [-0.1, -0.05) is 23.2 Å². The number of halogens is 5. The molecule has 108 valence electrons. The Labute approximate surface area is 119 Å². The Balaban J connectivity index is 2.85. The smallest absolute Gasteiger partial charge is 0.369 e. The molecule has 1 atom stereocenters. The molecule has 0 amide bonds. The van der Waals surface area contributed by atoms with Gasteiger partial charge in [0, 0.05) is 12.6 Å². The molecule has 1 aromatic heterocycles. The van der Waals surface area contributed by atoms with Gasteiger partial charge in [0.25, 0.3) is 0 Å². The number of alkyl halides is 3. The first-order valence-corrected chi connectivity index (χ1v) is 6.41. The first-order valence-electron chi connectivity index (χ1n) is 5.66. The fourth-order valence-electron chi connectivity index (χ4n) is 1.49. The van der Waals surface area contributed by atoms with E-state index in [2.05, 4.69) is 15.6 Å². The fourth-order valence-corrected chi connectivity index (χ4v) is 1.97. The lowest BCUT2D eigenvalue weighted by Gasteiger charge is -2.18. The molecule has 0 spiro atoms. The Morgan fingerprint density at radius 3 is 2.37 bits per heavy atom. The highest BCUT2D eigenvalue weighted by atomic mass is 35.5. The van der Waals surface area contributed by atoms with Gasteiger partial charge in [-0.15, -0.1) is 0 Å². The summed E-state index contributed by atoms with van der Waals surface area (Å²) < 4.78 is 36.7. The Morgan fingerprint density at radius 2 is 1.84 bits per heavy atom. The maximum absolute atomic E-state index is 12.2. The van der Waals surface area contributed by atoms with E-state index in [1.165, 1.54) is 13.0 Å². The van der Waals surface area contributed by atoms with Crippen LogP contribution in [0.4, 0.5) is 24.8 Å². The number of rotatable bonds is 5. The van der Waals surface area contributed by atoms with Crippen LogP contribution in [-0.4, -0.2) is 23.7 Å². The van der Waals surface area contributed by atoms with Gasteiger partial charge < -0.3 is 10.6 Å². The van der Waals surface area contributed by atoms with E-state index in [1.54, 1.807) is 0 Å². The molecule has 8 heteroatoms. The molecule has 0 aliphatic rings. The second-order valence-electron chi connectivity index (χ2n) is 4.04. The molecule has 0 aliphatic carbocycles. The van der Waals surface area contributed by atoms with Gasteiger partial charge in [-0.05, 0) is 19.9 Å². The normalized spacial score (nSPS) is 13.2. The Morgan fingerprint density at radius 1 is 1.26 bits per heavy atom. The van der Waals surface area contributed by atoms with E-state index in [-0.39, 0.29) is 10.8 Å². The van der Waals surface area contributed by atoms with Crippen LogP contribution < -0.4 is 10.6 Å². The van der Waals surface area contributed by atoms with E-state index >= 15 is 0 Å². The Bertz CT molecular complexity index is 438. The first kappa shape index (κ1) is 16.2. The standard InChI is InChI=1S/C11H14Cl2F3N3/c1-3-17-9-7(12)4-8(13)10(19-9)18-6(2)5-11(14,15)16/h4,6H,3,5H2,1-2H3,(H2,17,18,19). The van der Waals surface area contributed by atoms with E-state index in [9.17, 15) is 13.2 Å². The molecule has 3 nitrogen and oxygen atoms in total. The number of aromatic nitrogens is 1. The molecule has 1 heterocycles. The largest absolute Gasteiger partial charge is 0.391 e. The van der Waals surface area contributed by atoms with Crippen molar-refractivity contribution in [3.63, 3.8) is 0 Å². The predicted molar refractivity (Wildman–Crippen MR) is 72.2 cm³/mol. The third kappa shape index (κ3) is 5.32. The number of hydrogen-bond donors (Lipinski definition) is 2. The molecule has 0 aliphatic heterocycles. The molecule has 0 aromatic carbocycles. The molecule has 19 heavy (non-hydrogen) atoms. The molecule has 0 saturated carbocycles. The molecular weight excluding hydrogens is 302 g/mol. The van der Waals surface area contributed by atoms with E-state index in [1.807, 2.05) is 6.92 Å². The van der Waals surface area contributed by atoms with Crippen molar-refractivity contribution in [3.8, 4) is 0 Å². The Hall–Kier alpha value is -0.880. The molecule has 0 radical (unpaired) electrons. The predicted octanol–water partition coefficient (Wildman–Crippen LogP) is 4.57. The van der Waals surface area contributed by atoms with E-state index in [0.717, 1.165) is 0 Å². The van der Waals surface area contributed by atoms with E-state index in [4.69, 9.17) is 23.2 Å². The molecule has 1 rings (SSSR count). The van der Waals surface area contributed by atoms with Crippen LogP contribution in [0.15, 0.2) is 6.07 Å².